The third kappa shape index (κ3) is 4.53. The first kappa shape index (κ1) is 19.1. The number of hydrogen-bond donors (Lipinski definition) is 0. The topological polar surface area (TPSA) is 0 Å². The van der Waals surface area contributed by atoms with Crippen LogP contribution < -0.4 is 0 Å². The van der Waals surface area contributed by atoms with E-state index >= 15 is 0 Å². The summed E-state index contributed by atoms with van der Waals surface area (Å²) in [4.78, 5) is 0. The second-order valence-corrected chi connectivity index (χ2v) is 8.06. The molecule has 0 aliphatic carbocycles. The van der Waals surface area contributed by atoms with Gasteiger partial charge in [0.15, 0.2) is 0 Å². The van der Waals surface area contributed by atoms with Crippen LogP contribution in [0.4, 0.5) is 0 Å². The van der Waals surface area contributed by atoms with Crippen molar-refractivity contribution < 1.29 is 0 Å². The SMILES string of the molecule is CCC(C)(C)C(CC)(CC)B(CC(C)C)CC(C)C. The lowest BCUT2D eigenvalue weighted by Crippen LogP contribution is -2.44. The molecule has 0 rings (SSSR count). The summed E-state index contributed by atoms with van der Waals surface area (Å²) in [6, 6.07) is 0. The second kappa shape index (κ2) is 7.74. The van der Waals surface area contributed by atoms with Crippen molar-refractivity contribution in [2.24, 2.45) is 17.3 Å². The highest BCUT2D eigenvalue weighted by atomic mass is 14.4. The summed E-state index contributed by atoms with van der Waals surface area (Å²) in [7, 11) is 0. The molecule has 0 N–H and O–H groups in total. The highest BCUT2D eigenvalue weighted by Crippen LogP contribution is 2.57. The molecule has 0 aromatic heterocycles. The van der Waals surface area contributed by atoms with E-state index in [2.05, 4.69) is 62.3 Å². The van der Waals surface area contributed by atoms with Crippen LogP contribution in [-0.2, 0) is 0 Å². The van der Waals surface area contributed by atoms with E-state index in [-0.39, 0.29) is 0 Å². The Bertz CT molecular complexity index is 226. The Kier molecular flexibility index (Phi) is 7.77. The molecule has 0 aliphatic rings. The summed E-state index contributed by atoms with van der Waals surface area (Å²) in [6.45, 7) is 22.7. The van der Waals surface area contributed by atoms with Crippen molar-refractivity contribution >= 4 is 6.71 Å². The highest BCUT2D eigenvalue weighted by molar-refractivity contribution is 6.62. The fourth-order valence-electron chi connectivity index (χ4n) is 4.37. The molecule has 0 heterocycles. The molecular weight excluding hydrogens is 227 g/mol. The van der Waals surface area contributed by atoms with E-state index in [9.17, 15) is 0 Å². The zero-order valence-electron chi connectivity index (χ0n) is 15.3. The monoisotopic (exact) mass is 266 g/mol. The van der Waals surface area contributed by atoms with Crippen molar-refractivity contribution in [2.45, 2.75) is 99.5 Å². The average Bonchev–Trinajstić information content (AvgIpc) is 2.29. The smallest absolute Gasteiger partial charge is 0.0713 e. The first-order valence-electron chi connectivity index (χ1n) is 8.66. The molecule has 0 aliphatic heterocycles. The summed E-state index contributed by atoms with van der Waals surface area (Å²) < 4.78 is 0. The molecular formula is C18H39B. The van der Waals surface area contributed by atoms with E-state index in [4.69, 9.17) is 0 Å². The molecule has 0 amide bonds. The maximum Gasteiger partial charge on any atom is 0.147 e. The molecule has 0 atom stereocenters. The van der Waals surface area contributed by atoms with Crippen molar-refractivity contribution in [1.82, 2.24) is 0 Å². The Balaban J connectivity index is 5.47. The van der Waals surface area contributed by atoms with Gasteiger partial charge in [0.1, 0.15) is 6.71 Å². The van der Waals surface area contributed by atoms with Crippen LogP contribution in [0.5, 0.6) is 0 Å². The Morgan fingerprint density at radius 2 is 1.11 bits per heavy atom. The third-order valence-corrected chi connectivity index (χ3v) is 5.79. The van der Waals surface area contributed by atoms with E-state index in [1.807, 2.05) is 0 Å². The van der Waals surface area contributed by atoms with Crippen LogP contribution in [0.15, 0.2) is 0 Å². The zero-order valence-corrected chi connectivity index (χ0v) is 15.3. The molecule has 0 unspecified atom stereocenters. The van der Waals surface area contributed by atoms with Crippen molar-refractivity contribution in [2.75, 3.05) is 0 Å². The summed E-state index contributed by atoms with van der Waals surface area (Å²) in [6.07, 6.45) is 6.73. The standard InChI is InChI=1S/C18H39B/c1-10-17(8,9)18(11-2,12-3)19(13-15(4)5)14-16(6)7/h15-16H,10-14H2,1-9H3. The van der Waals surface area contributed by atoms with E-state index in [0.717, 1.165) is 18.5 Å². The molecule has 1 heteroatoms. The minimum Gasteiger partial charge on any atom is -0.0713 e. The molecule has 0 radical (unpaired) electrons. The van der Waals surface area contributed by atoms with Crippen LogP contribution in [-0.4, -0.2) is 6.71 Å². The summed E-state index contributed by atoms with van der Waals surface area (Å²) in [5, 5.41) is 0.510. The number of hydrogen-bond acceptors (Lipinski definition) is 0. The van der Waals surface area contributed by atoms with Gasteiger partial charge in [0.05, 0.1) is 0 Å². The number of rotatable bonds is 9. The third-order valence-electron chi connectivity index (χ3n) is 5.79. The summed E-state index contributed by atoms with van der Waals surface area (Å²) >= 11 is 0. The van der Waals surface area contributed by atoms with Gasteiger partial charge in [0.2, 0.25) is 0 Å². The predicted octanol–water partition coefficient (Wildman–Crippen LogP) is 6.79. The quantitative estimate of drug-likeness (QED) is 0.403. The van der Waals surface area contributed by atoms with E-state index < -0.39 is 0 Å². The van der Waals surface area contributed by atoms with E-state index in [1.54, 1.807) is 0 Å². The van der Waals surface area contributed by atoms with Crippen LogP contribution in [0.1, 0.15) is 81.6 Å². The molecule has 0 aromatic carbocycles. The molecule has 0 spiro atoms. The van der Waals surface area contributed by atoms with Gasteiger partial charge in [0.25, 0.3) is 0 Å². The molecule has 0 nitrogen and oxygen atoms in total. The predicted molar refractivity (Wildman–Crippen MR) is 92.4 cm³/mol. The Labute approximate surface area is 124 Å². The molecule has 0 bridgehead atoms. The second-order valence-electron chi connectivity index (χ2n) is 8.06. The van der Waals surface area contributed by atoms with Crippen LogP contribution in [0, 0.1) is 17.3 Å². The fourth-order valence-corrected chi connectivity index (χ4v) is 4.37. The molecule has 19 heavy (non-hydrogen) atoms. The van der Waals surface area contributed by atoms with Crippen molar-refractivity contribution in [3.05, 3.63) is 0 Å². The van der Waals surface area contributed by atoms with Gasteiger partial charge in [-0.3, -0.25) is 0 Å². The Morgan fingerprint density at radius 3 is 1.32 bits per heavy atom. The molecule has 0 aromatic rings. The first-order chi connectivity index (χ1) is 8.66. The van der Waals surface area contributed by atoms with Crippen LogP contribution in [0.2, 0.25) is 18.0 Å². The maximum atomic E-state index is 2.51. The van der Waals surface area contributed by atoms with E-state index in [0.29, 0.717) is 10.7 Å². The Hall–Kier alpha value is 0.0649. The van der Waals surface area contributed by atoms with Gasteiger partial charge < -0.3 is 0 Å². The van der Waals surface area contributed by atoms with Crippen molar-refractivity contribution in [1.29, 1.82) is 0 Å². The zero-order chi connectivity index (χ0) is 15.3. The van der Waals surface area contributed by atoms with Crippen LogP contribution in [0.3, 0.4) is 0 Å². The van der Waals surface area contributed by atoms with Gasteiger partial charge >= 0.3 is 0 Å². The van der Waals surface area contributed by atoms with Gasteiger partial charge in [0, 0.05) is 0 Å². The Morgan fingerprint density at radius 1 is 0.737 bits per heavy atom. The molecule has 0 saturated carbocycles. The largest absolute Gasteiger partial charge is 0.147 e. The average molecular weight is 266 g/mol. The molecule has 0 fully saturated rings. The first-order valence-corrected chi connectivity index (χ1v) is 8.66. The minimum absolute atomic E-state index is 0.449. The van der Waals surface area contributed by atoms with Gasteiger partial charge in [-0.25, -0.2) is 0 Å². The maximum absolute atomic E-state index is 2.51. The van der Waals surface area contributed by atoms with Gasteiger partial charge in [-0.1, -0.05) is 106 Å². The highest BCUT2D eigenvalue weighted by Gasteiger charge is 2.48. The lowest BCUT2D eigenvalue weighted by atomic mass is 9.22. The molecule has 0 saturated heterocycles. The van der Waals surface area contributed by atoms with Crippen molar-refractivity contribution in [3.8, 4) is 0 Å². The lowest BCUT2D eigenvalue weighted by Gasteiger charge is -2.51. The van der Waals surface area contributed by atoms with Gasteiger partial charge in [-0.2, -0.15) is 0 Å². The minimum atomic E-state index is 0.449. The van der Waals surface area contributed by atoms with Crippen LogP contribution in [0.25, 0.3) is 0 Å². The summed E-state index contributed by atoms with van der Waals surface area (Å²) in [5.74, 6) is 1.63. The van der Waals surface area contributed by atoms with E-state index in [1.165, 1.54) is 31.9 Å². The fraction of sp³-hybridized carbons (Fsp3) is 1.00. The van der Waals surface area contributed by atoms with Gasteiger partial charge in [-0.15, -0.1) is 0 Å². The summed E-state index contributed by atoms with van der Waals surface area (Å²) in [5.41, 5.74) is 0.449. The van der Waals surface area contributed by atoms with Gasteiger partial charge in [-0.05, 0) is 10.7 Å². The molecule has 114 valence electrons. The van der Waals surface area contributed by atoms with Crippen molar-refractivity contribution in [3.63, 3.8) is 0 Å². The van der Waals surface area contributed by atoms with Crippen LogP contribution >= 0.6 is 0 Å². The normalized spacial score (nSPS) is 13.4. The lowest BCUT2D eigenvalue weighted by molar-refractivity contribution is 0.199.